The number of pyridine rings is 1. The standard InChI is InChI=1S/C10H15N3O4/c11-9(17)7-1-2-8(12-3-7)13-10(4-14,5-15)6-16/h1-3,14-16H,4-6H2,(H2,11,17)(H,12,13). The first-order valence-electron chi connectivity index (χ1n) is 4.93. The van der Waals surface area contributed by atoms with Gasteiger partial charge in [0.1, 0.15) is 11.4 Å². The van der Waals surface area contributed by atoms with Crippen LogP contribution in [0.3, 0.4) is 0 Å². The number of rotatable bonds is 6. The van der Waals surface area contributed by atoms with E-state index in [2.05, 4.69) is 10.3 Å². The molecular weight excluding hydrogens is 226 g/mol. The molecule has 7 nitrogen and oxygen atoms in total. The molecule has 17 heavy (non-hydrogen) atoms. The zero-order chi connectivity index (χ0) is 12.9. The monoisotopic (exact) mass is 241 g/mol. The van der Waals surface area contributed by atoms with Crippen molar-refractivity contribution in [1.82, 2.24) is 4.98 Å². The number of aliphatic hydroxyl groups is 3. The SMILES string of the molecule is NC(=O)c1ccc(NC(CO)(CO)CO)nc1. The summed E-state index contributed by atoms with van der Waals surface area (Å²) in [6, 6.07) is 2.92. The summed E-state index contributed by atoms with van der Waals surface area (Å²) in [7, 11) is 0. The molecule has 0 atom stereocenters. The van der Waals surface area contributed by atoms with Crippen molar-refractivity contribution in [1.29, 1.82) is 0 Å². The van der Waals surface area contributed by atoms with Crippen LogP contribution in [0.5, 0.6) is 0 Å². The van der Waals surface area contributed by atoms with Gasteiger partial charge in [0.05, 0.1) is 25.4 Å². The number of nitrogens with zero attached hydrogens (tertiary/aromatic N) is 1. The summed E-state index contributed by atoms with van der Waals surface area (Å²) >= 11 is 0. The second-order valence-corrected chi connectivity index (χ2v) is 3.68. The largest absolute Gasteiger partial charge is 0.394 e. The molecule has 7 heteroatoms. The van der Waals surface area contributed by atoms with Gasteiger partial charge in [0.25, 0.3) is 0 Å². The number of anilines is 1. The van der Waals surface area contributed by atoms with Gasteiger partial charge in [0, 0.05) is 6.20 Å². The zero-order valence-corrected chi connectivity index (χ0v) is 9.13. The van der Waals surface area contributed by atoms with Crippen LogP contribution in [0.2, 0.25) is 0 Å². The predicted octanol–water partition coefficient (Wildman–Crippen LogP) is -1.69. The van der Waals surface area contributed by atoms with Crippen LogP contribution in [-0.4, -0.2) is 51.6 Å². The van der Waals surface area contributed by atoms with Gasteiger partial charge in [-0.1, -0.05) is 0 Å². The van der Waals surface area contributed by atoms with Crippen LogP contribution in [-0.2, 0) is 0 Å². The van der Waals surface area contributed by atoms with E-state index in [-0.39, 0.29) is 5.56 Å². The maximum atomic E-state index is 10.8. The number of aromatic nitrogens is 1. The number of hydrogen-bond donors (Lipinski definition) is 5. The molecule has 1 rings (SSSR count). The van der Waals surface area contributed by atoms with Gasteiger partial charge in [-0.2, -0.15) is 0 Å². The predicted molar refractivity (Wildman–Crippen MR) is 60.4 cm³/mol. The number of nitrogens with two attached hydrogens (primary N) is 1. The van der Waals surface area contributed by atoms with Crippen LogP contribution in [0.15, 0.2) is 18.3 Å². The minimum Gasteiger partial charge on any atom is -0.394 e. The Bertz CT molecular complexity index is 367. The molecule has 0 unspecified atom stereocenters. The Balaban J connectivity index is 2.84. The molecule has 6 N–H and O–H groups in total. The van der Waals surface area contributed by atoms with Crippen LogP contribution >= 0.6 is 0 Å². The van der Waals surface area contributed by atoms with Gasteiger partial charge in [0.2, 0.25) is 5.91 Å². The highest BCUT2D eigenvalue weighted by Crippen LogP contribution is 2.12. The molecule has 0 aromatic carbocycles. The lowest BCUT2D eigenvalue weighted by Crippen LogP contribution is -2.49. The van der Waals surface area contributed by atoms with E-state index in [0.29, 0.717) is 5.82 Å². The fourth-order valence-corrected chi connectivity index (χ4v) is 1.15. The van der Waals surface area contributed by atoms with Crippen LogP contribution in [0.25, 0.3) is 0 Å². The number of aliphatic hydroxyl groups excluding tert-OH is 3. The van der Waals surface area contributed by atoms with E-state index in [4.69, 9.17) is 21.1 Å². The summed E-state index contributed by atoms with van der Waals surface area (Å²) in [6.07, 6.45) is 1.27. The number of amides is 1. The summed E-state index contributed by atoms with van der Waals surface area (Å²) in [5.41, 5.74) is 4.05. The number of nitrogens with one attached hydrogen (secondary N) is 1. The topological polar surface area (TPSA) is 129 Å². The van der Waals surface area contributed by atoms with E-state index in [9.17, 15) is 4.79 Å². The number of carbonyl (C=O) groups excluding carboxylic acids is 1. The molecule has 1 heterocycles. The Morgan fingerprint density at radius 3 is 2.24 bits per heavy atom. The van der Waals surface area contributed by atoms with E-state index in [1.807, 2.05) is 0 Å². The van der Waals surface area contributed by atoms with Crippen LogP contribution in [0.1, 0.15) is 10.4 Å². The Morgan fingerprint density at radius 2 is 1.88 bits per heavy atom. The average molecular weight is 241 g/mol. The molecule has 0 saturated carbocycles. The number of primary amides is 1. The Morgan fingerprint density at radius 1 is 1.29 bits per heavy atom. The summed E-state index contributed by atoms with van der Waals surface area (Å²) in [5.74, 6) is -0.283. The molecule has 0 aliphatic heterocycles. The third-order valence-electron chi connectivity index (χ3n) is 2.35. The van der Waals surface area contributed by atoms with Gasteiger partial charge in [-0.3, -0.25) is 4.79 Å². The van der Waals surface area contributed by atoms with Crippen LogP contribution in [0.4, 0.5) is 5.82 Å². The lowest BCUT2D eigenvalue weighted by Gasteiger charge is -2.29. The summed E-state index contributed by atoms with van der Waals surface area (Å²) in [4.78, 5) is 14.7. The fraction of sp³-hybridized carbons (Fsp3) is 0.400. The molecule has 0 radical (unpaired) electrons. The molecule has 94 valence electrons. The highest BCUT2D eigenvalue weighted by molar-refractivity contribution is 5.92. The third kappa shape index (κ3) is 3.13. The number of hydrogen-bond acceptors (Lipinski definition) is 6. The average Bonchev–Trinajstić information content (AvgIpc) is 2.37. The van der Waals surface area contributed by atoms with E-state index in [1.54, 1.807) is 0 Å². The van der Waals surface area contributed by atoms with E-state index >= 15 is 0 Å². The summed E-state index contributed by atoms with van der Waals surface area (Å²) < 4.78 is 0. The van der Waals surface area contributed by atoms with E-state index in [1.165, 1.54) is 18.3 Å². The van der Waals surface area contributed by atoms with E-state index < -0.39 is 31.3 Å². The van der Waals surface area contributed by atoms with E-state index in [0.717, 1.165) is 0 Å². The van der Waals surface area contributed by atoms with Crippen molar-refractivity contribution in [2.45, 2.75) is 5.54 Å². The fourth-order valence-electron chi connectivity index (χ4n) is 1.15. The van der Waals surface area contributed by atoms with Crippen molar-refractivity contribution in [3.8, 4) is 0 Å². The Kier molecular flexibility index (Phi) is 4.38. The Hall–Kier alpha value is -1.70. The molecule has 0 aliphatic rings. The molecule has 0 saturated heterocycles. The second-order valence-electron chi connectivity index (χ2n) is 3.68. The highest BCUT2D eigenvalue weighted by Gasteiger charge is 2.28. The number of carbonyl (C=O) groups is 1. The molecule has 1 aromatic heterocycles. The van der Waals surface area contributed by atoms with Gasteiger partial charge in [0.15, 0.2) is 0 Å². The van der Waals surface area contributed by atoms with Gasteiger partial charge >= 0.3 is 0 Å². The lowest BCUT2D eigenvalue weighted by atomic mass is 10.0. The maximum absolute atomic E-state index is 10.8. The lowest BCUT2D eigenvalue weighted by molar-refractivity contribution is 0.0830. The van der Waals surface area contributed by atoms with Gasteiger partial charge in [-0.05, 0) is 12.1 Å². The molecule has 0 spiro atoms. The van der Waals surface area contributed by atoms with Crippen molar-refractivity contribution in [2.75, 3.05) is 25.1 Å². The smallest absolute Gasteiger partial charge is 0.250 e. The molecule has 1 amide bonds. The minimum atomic E-state index is -1.25. The molecule has 0 fully saturated rings. The molecule has 1 aromatic rings. The summed E-state index contributed by atoms with van der Waals surface area (Å²) in [6.45, 7) is -1.38. The van der Waals surface area contributed by atoms with Crippen molar-refractivity contribution in [2.24, 2.45) is 5.73 Å². The quantitative estimate of drug-likeness (QED) is 0.404. The first-order valence-corrected chi connectivity index (χ1v) is 4.93. The van der Waals surface area contributed by atoms with Gasteiger partial charge in [-0.15, -0.1) is 0 Å². The highest BCUT2D eigenvalue weighted by atomic mass is 16.3. The summed E-state index contributed by atoms with van der Waals surface area (Å²) in [5, 5.41) is 30.0. The third-order valence-corrected chi connectivity index (χ3v) is 2.35. The Labute approximate surface area is 97.9 Å². The zero-order valence-electron chi connectivity index (χ0n) is 9.13. The van der Waals surface area contributed by atoms with Gasteiger partial charge in [-0.25, -0.2) is 4.98 Å². The second kappa shape index (κ2) is 5.58. The van der Waals surface area contributed by atoms with Crippen molar-refractivity contribution < 1.29 is 20.1 Å². The molecule has 0 aliphatic carbocycles. The van der Waals surface area contributed by atoms with Crippen LogP contribution in [0, 0.1) is 0 Å². The first-order chi connectivity index (χ1) is 8.06. The van der Waals surface area contributed by atoms with Gasteiger partial charge < -0.3 is 26.4 Å². The van der Waals surface area contributed by atoms with Crippen molar-refractivity contribution >= 4 is 11.7 Å². The molecule has 0 bridgehead atoms. The normalized spacial score (nSPS) is 11.2. The first kappa shape index (κ1) is 13.4. The van der Waals surface area contributed by atoms with Crippen molar-refractivity contribution in [3.05, 3.63) is 23.9 Å². The minimum absolute atomic E-state index is 0.248. The van der Waals surface area contributed by atoms with Crippen LogP contribution < -0.4 is 11.1 Å². The van der Waals surface area contributed by atoms with Crippen molar-refractivity contribution in [3.63, 3.8) is 0 Å². The molecular formula is C10H15N3O4. The maximum Gasteiger partial charge on any atom is 0.250 e.